The predicted molar refractivity (Wildman–Crippen MR) is 82.9 cm³/mol. The molecule has 1 heterocycles. The highest BCUT2D eigenvalue weighted by atomic mass is 16.6. The highest BCUT2D eigenvalue weighted by molar-refractivity contribution is 6.05. The Morgan fingerprint density at radius 3 is 2.44 bits per heavy atom. The van der Waals surface area contributed by atoms with Crippen LogP contribution in [0.3, 0.4) is 0 Å². The molecule has 9 nitrogen and oxygen atoms in total. The van der Waals surface area contributed by atoms with Gasteiger partial charge in [0, 0.05) is 12.5 Å². The molecule has 0 fully saturated rings. The smallest absolute Gasteiger partial charge is 0.411 e. The van der Waals surface area contributed by atoms with Crippen molar-refractivity contribution in [1.29, 1.82) is 0 Å². The van der Waals surface area contributed by atoms with Crippen molar-refractivity contribution in [2.45, 2.75) is 19.4 Å². The number of rotatable bonds is 5. The summed E-state index contributed by atoms with van der Waals surface area (Å²) in [5, 5.41) is 10.8. The van der Waals surface area contributed by atoms with Gasteiger partial charge in [-0.05, 0) is 25.1 Å². The first kappa shape index (κ1) is 18.1. The molecule has 25 heavy (non-hydrogen) atoms. The zero-order valence-electron chi connectivity index (χ0n) is 14.0. The summed E-state index contributed by atoms with van der Waals surface area (Å²) in [6.07, 6.45) is -1.48. The van der Waals surface area contributed by atoms with Crippen LogP contribution in [0.1, 0.15) is 19.4 Å². The second kappa shape index (κ2) is 6.71. The average molecular weight is 351 g/mol. The van der Waals surface area contributed by atoms with E-state index in [0.717, 1.165) is 6.92 Å². The quantitative estimate of drug-likeness (QED) is 0.766. The Bertz CT molecular complexity index is 769. The Labute approximate surface area is 143 Å². The Morgan fingerprint density at radius 1 is 1.24 bits per heavy atom. The third-order valence-electron chi connectivity index (χ3n) is 3.54. The normalized spacial score (nSPS) is 19.3. The molecule has 0 saturated heterocycles. The largest absolute Gasteiger partial charge is 0.497 e. The van der Waals surface area contributed by atoms with E-state index < -0.39 is 35.1 Å². The van der Waals surface area contributed by atoms with Crippen molar-refractivity contribution in [3.63, 3.8) is 0 Å². The van der Waals surface area contributed by atoms with Crippen molar-refractivity contribution in [1.82, 2.24) is 5.32 Å². The van der Waals surface area contributed by atoms with E-state index >= 15 is 0 Å². The molecule has 2 rings (SSSR count). The van der Waals surface area contributed by atoms with Crippen molar-refractivity contribution in [3.8, 4) is 11.5 Å². The lowest BCUT2D eigenvalue weighted by Crippen LogP contribution is -2.33. The number of nitrogens with one attached hydrogen (secondary N) is 1. The Kier molecular flexibility index (Phi) is 4.87. The minimum absolute atomic E-state index is 0.284. The summed E-state index contributed by atoms with van der Waals surface area (Å²) in [4.78, 5) is 35.0. The molecule has 0 radical (unpaired) electrons. The molecule has 1 atom stereocenters. The fraction of sp³-hybridized carbons (Fsp3) is 0.312. The molecular formula is C16H17NO8. The first-order valence-electron chi connectivity index (χ1n) is 7.12. The van der Waals surface area contributed by atoms with Crippen LogP contribution >= 0.6 is 0 Å². The van der Waals surface area contributed by atoms with Gasteiger partial charge in [-0.2, -0.15) is 0 Å². The number of methoxy groups -OCH3 is 2. The van der Waals surface area contributed by atoms with E-state index in [0.29, 0.717) is 11.5 Å². The van der Waals surface area contributed by atoms with Crippen LogP contribution in [0, 0.1) is 0 Å². The first-order valence-corrected chi connectivity index (χ1v) is 7.12. The highest BCUT2D eigenvalue weighted by Gasteiger charge is 2.51. The second-order valence-electron chi connectivity index (χ2n) is 5.21. The minimum Gasteiger partial charge on any atom is -0.497 e. The minimum atomic E-state index is -1.68. The third-order valence-corrected chi connectivity index (χ3v) is 3.54. The molecule has 0 aliphatic carbocycles. The lowest BCUT2D eigenvalue weighted by atomic mass is 9.90. The van der Waals surface area contributed by atoms with Gasteiger partial charge in [0.2, 0.25) is 17.2 Å². The fourth-order valence-electron chi connectivity index (χ4n) is 2.40. The number of ether oxygens (including phenoxy) is 4. The van der Waals surface area contributed by atoms with Crippen molar-refractivity contribution >= 4 is 17.8 Å². The zero-order valence-corrected chi connectivity index (χ0v) is 14.0. The lowest BCUT2D eigenvalue weighted by Gasteiger charge is -2.25. The number of benzene rings is 1. The van der Waals surface area contributed by atoms with Crippen LogP contribution < -0.4 is 14.8 Å². The van der Waals surface area contributed by atoms with Crippen LogP contribution in [0.15, 0.2) is 29.8 Å². The second-order valence-corrected chi connectivity index (χ2v) is 5.21. The van der Waals surface area contributed by atoms with Gasteiger partial charge in [0.25, 0.3) is 5.78 Å². The summed E-state index contributed by atoms with van der Waals surface area (Å²) in [6, 6.07) is 4.72. The number of esters is 1. The number of hydrogen-bond acceptors (Lipinski definition) is 7. The lowest BCUT2D eigenvalue weighted by molar-refractivity contribution is -0.142. The van der Waals surface area contributed by atoms with E-state index in [-0.39, 0.29) is 5.56 Å². The van der Waals surface area contributed by atoms with E-state index in [1.807, 2.05) is 5.32 Å². The summed E-state index contributed by atoms with van der Waals surface area (Å²) < 4.78 is 20.8. The standard InChI is InChI=1S/C16H17NO8/c1-8(18)24-12-13(19)16(2,25-14(12)17-15(20)21)10-7-9(22-3)5-6-11(10)23-4/h5-7,17H,1-4H3,(H,20,21). The average Bonchev–Trinajstić information content (AvgIpc) is 2.78. The maximum Gasteiger partial charge on any atom is 0.411 e. The van der Waals surface area contributed by atoms with Crippen LogP contribution in [0.25, 0.3) is 0 Å². The number of carbonyl (C=O) groups is 3. The number of carbonyl (C=O) groups excluding carboxylic acids is 2. The molecule has 2 N–H and O–H groups in total. The van der Waals surface area contributed by atoms with Gasteiger partial charge in [-0.3, -0.25) is 14.9 Å². The molecule has 1 aromatic rings. The summed E-state index contributed by atoms with van der Waals surface area (Å²) in [7, 11) is 2.86. The summed E-state index contributed by atoms with van der Waals surface area (Å²) >= 11 is 0. The Hall–Kier alpha value is -3.23. The van der Waals surface area contributed by atoms with Gasteiger partial charge in [0.1, 0.15) is 11.5 Å². The molecule has 9 heteroatoms. The third kappa shape index (κ3) is 3.35. The molecule has 0 bridgehead atoms. The summed E-state index contributed by atoms with van der Waals surface area (Å²) in [5.41, 5.74) is -1.39. The molecule has 1 aliphatic heterocycles. The van der Waals surface area contributed by atoms with Crippen molar-refractivity contribution in [2.24, 2.45) is 0 Å². The topological polar surface area (TPSA) is 120 Å². The van der Waals surface area contributed by atoms with Crippen molar-refractivity contribution in [2.75, 3.05) is 14.2 Å². The van der Waals surface area contributed by atoms with E-state index in [1.54, 1.807) is 12.1 Å². The van der Waals surface area contributed by atoms with E-state index in [9.17, 15) is 14.4 Å². The van der Waals surface area contributed by atoms with E-state index in [2.05, 4.69) is 0 Å². The zero-order chi connectivity index (χ0) is 18.8. The van der Waals surface area contributed by atoms with E-state index in [4.69, 9.17) is 24.1 Å². The van der Waals surface area contributed by atoms with Gasteiger partial charge in [-0.1, -0.05) is 0 Å². The van der Waals surface area contributed by atoms with Gasteiger partial charge >= 0.3 is 12.1 Å². The van der Waals surface area contributed by atoms with Crippen LogP contribution in [0.4, 0.5) is 4.79 Å². The molecule has 1 amide bonds. The van der Waals surface area contributed by atoms with Gasteiger partial charge in [0.05, 0.1) is 14.2 Å². The van der Waals surface area contributed by atoms with Gasteiger partial charge in [-0.25, -0.2) is 4.79 Å². The highest BCUT2D eigenvalue weighted by Crippen LogP contribution is 2.43. The van der Waals surface area contributed by atoms with Gasteiger partial charge < -0.3 is 24.1 Å². The van der Waals surface area contributed by atoms with Crippen LogP contribution in [-0.4, -0.2) is 37.2 Å². The number of amides is 1. The molecule has 1 aliphatic rings. The molecule has 134 valence electrons. The number of carboxylic acid groups (broad SMARTS) is 1. The van der Waals surface area contributed by atoms with Crippen LogP contribution in [0.2, 0.25) is 0 Å². The van der Waals surface area contributed by atoms with Gasteiger partial charge in [-0.15, -0.1) is 0 Å². The first-order chi connectivity index (χ1) is 11.7. The molecule has 0 saturated carbocycles. The number of ketones is 1. The monoisotopic (exact) mass is 351 g/mol. The van der Waals surface area contributed by atoms with Gasteiger partial charge in [0.15, 0.2) is 0 Å². The molecule has 0 spiro atoms. The number of hydrogen-bond donors (Lipinski definition) is 2. The molecule has 1 unspecified atom stereocenters. The van der Waals surface area contributed by atoms with Crippen LogP contribution in [0.5, 0.6) is 11.5 Å². The van der Waals surface area contributed by atoms with E-state index in [1.165, 1.54) is 27.2 Å². The summed E-state index contributed by atoms with van der Waals surface area (Å²) in [6.45, 7) is 2.49. The van der Waals surface area contributed by atoms with Crippen molar-refractivity contribution < 1.29 is 38.4 Å². The molecule has 1 aromatic carbocycles. The fourth-order valence-corrected chi connectivity index (χ4v) is 2.40. The maximum atomic E-state index is 12.8. The molecular weight excluding hydrogens is 334 g/mol. The number of Topliss-reactive ketones (excluding diaryl/α,β-unsaturated/α-hetero) is 1. The molecule has 0 aromatic heterocycles. The van der Waals surface area contributed by atoms with Crippen LogP contribution in [-0.2, 0) is 24.7 Å². The van der Waals surface area contributed by atoms with Crippen molar-refractivity contribution in [3.05, 3.63) is 35.4 Å². The summed E-state index contributed by atoms with van der Waals surface area (Å²) in [5.74, 6) is -1.78. The maximum absolute atomic E-state index is 12.8. The Morgan fingerprint density at radius 2 is 1.92 bits per heavy atom. The Balaban J connectivity index is 2.55. The predicted octanol–water partition coefficient (Wildman–Crippen LogP) is 1.52. The SMILES string of the molecule is COc1ccc(OC)c(C2(C)OC(NC(=O)O)=C(OC(C)=O)C2=O)c1.